The summed E-state index contributed by atoms with van der Waals surface area (Å²) in [5, 5.41) is 14.3. The first-order valence-electron chi connectivity index (χ1n) is 8.45. The number of aromatic nitrogens is 3. The molecule has 0 aliphatic heterocycles. The predicted octanol–water partition coefficient (Wildman–Crippen LogP) is 4.45. The smallest absolute Gasteiger partial charge is 0.234 e. The van der Waals surface area contributed by atoms with E-state index in [2.05, 4.69) is 40.8 Å². The van der Waals surface area contributed by atoms with E-state index in [1.165, 1.54) is 22.2 Å². The maximum absolute atomic E-state index is 12.2. The van der Waals surface area contributed by atoms with Crippen LogP contribution in [0.25, 0.3) is 11.4 Å². The fraction of sp³-hybridized carbons (Fsp3) is 0.316. The molecule has 1 aromatic carbocycles. The van der Waals surface area contributed by atoms with Gasteiger partial charge in [-0.05, 0) is 49.6 Å². The lowest BCUT2D eigenvalue weighted by Crippen LogP contribution is -2.14. The van der Waals surface area contributed by atoms with E-state index in [9.17, 15) is 4.79 Å². The van der Waals surface area contributed by atoms with Crippen LogP contribution in [0.5, 0.6) is 0 Å². The average molecular weight is 387 g/mol. The molecule has 5 nitrogen and oxygen atoms in total. The second-order valence-electron chi connectivity index (χ2n) is 6.16. The highest BCUT2D eigenvalue weighted by molar-refractivity contribution is 7.99. The topological polar surface area (TPSA) is 59.8 Å². The van der Waals surface area contributed by atoms with Crippen LogP contribution in [0.1, 0.15) is 22.9 Å². The van der Waals surface area contributed by atoms with Crippen LogP contribution in [0.15, 0.2) is 34.8 Å². The highest BCUT2D eigenvalue weighted by Crippen LogP contribution is 2.27. The van der Waals surface area contributed by atoms with E-state index in [-0.39, 0.29) is 5.91 Å². The summed E-state index contributed by atoms with van der Waals surface area (Å²) in [5.41, 5.74) is 4.27. The maximum Gasteiger partial charge on any atom is 0.234 e. The number of nitrogens with one attached hydrogen (secondary N) is 1. The fourth-order valence-electron chi connectivity index (χ4n) is 2.52. The number of aryl methyl sites for hydroxylation is 3. The number of anilines is 1. The summed E-state index contributed by atoms with van der Waals surface area (Å²) in [6.45, 7) is 6.23. The normalized spacial score (nSPS) is 10.9. The number of thiophene rings is 1. The Hall–Kier alpha value is -2.12. The van der Waals surface area contributed by atoms with Crippen LogP contribution in [0.2, 0.25) is 0 Å². The Morgan fingerprint density at radius 2 is 2.04 bits per heavy atom. The number of nitrogens with zero attached hydrogens (tertiary/aromatic N) is 3. The number of carbonyl (C=O) groups is 1. The van der Waals surface area contributed by atoms with Crippen molar-refractivity contribution in [2.75, 3.05) is 11.1 Å². The molecular formula is C19H22N4OS2. The average Bonchev–Trinajstić information content (AvgIpc) is 3.23. The van der Waals surface area contributed by atoms with Crippen molar-refractivity contribution in [3.05, 3.63) is 45.6 Å². The lowest BCUT2D eigenvalue weighted by Gasteiger charge is -2.07. The number of benzene rings is 1. The Morgan fingerprint density at radius 1 is 1.23 bits per heavy atom. The summed E-state index contributed by atoms with van der Waals surface area (Å²) >= 11 is 3.12. The van der Waals surface area contributed by atoms with Gasteiger partial charge < -0.3 is 9.88 Å². The number of hydrogen-bond donors (Lipinski definition) is 1. The number of thioether (sulfide) groups is 1. The van der Waals surface area contributed by atoms with Crippen LogP contribution >= 0.6 is 23.1 Å². The predicted molar refractivity (Wildman–Crippen MR) is 109 cm³/mol. The van der Waals surface area contributed by atoms with E-state index in [0.717, 1.165) is 34.2 Å². The van der Waals surface area contributed by atoms with Gasteiger partial charge in [-0.25, -0.2) is 0 Å². The molecule has 3 aromatic rings. The van der Waals surface area contributed by atoms with Crippen LogP contribution in [0.4, 0.5) is 5.69 Å². The molecule has 2 aromatic heterocycles. The molecule has 0 bridgehead atoms. The molecule has 0 unspecified atom stereocenters. The Morgan fingerprint density at radius 3 is 2.73 bits per heavy atom. The minimum atomic E-state index is -0.0494. The Bertz CT molecular complexity index is 930. The van der Waals surface area contributed by atoms with Crippen molar-refractivity contribution >= 4 is 34.7 Å². The van der Waals surface area contributed by atoms with E-state index in [1.54, 1.807) is 11.3 Å². The molecule has 0 aliphatic carbocycles. The third kappa shape index (κ3) is 4.16. The summed E-state index contributed by atoms with van der Waals surface area (Å²) in [4.78, 5) is 13.5. The molecule has 0 atom stereocenters. The number of hydrogen-bond acceptors (Lipinski definition) is 5. The van der Waals surface area contributed by atoms with Crippen molar-refractivity contribution in [2.24, 2.45) is 7.05 Å². The van der Waals surface area contributed by atoms with E-state index in [1.807, 2.05) is 36.7 Å². The van der Waals surface area contributed by atoms with Crippen LogP contribution in [-0.4, -0.2) is 26.4 Å². The summed E-state index contributed by atoms with van der Waals surface area (Å²) < 4.78 is 1.94. The van der Waals surface area contributed by atoms with Crippen LogP contribution < -0.4 is 5.32 Å². The highest BCUT2D eigenvalue weighted by Gasteiger charge is 2.14. The number of rotatable bonds is 6. The Kier molecular flexibility index (Phi) is 5.78. The summed E-state index contributed by atoms with van der Waals surface area (Å²) in [6, 6.07) is 8.07. The van der Waals surface area contributed by atoms with Gasteiger partial charge in [-0.2, -0.15) is 0 Å². The summed E-state index contributed by atoms with van der Waals surface area (Å²) in [7, 11) is 1.93. The molecule has 2 heterocycles. The second kappa shape index (κ2) is 8.05. The first-order chi connectivity index (χ1) is 12.5. The molecular weight excluding hydrogens is 364 g/mol. The molecule has 136 valence electrons. The van der Waals surface area contributed by atoms with Crippen molar-refractivity contribution in [2.45, 2.75) is 32.3 Å². The van der Waals surface area contributed by atoms with Gasteiger partial charge in [0.2, 0.25) is 5.91 Å². The molecule has 0 saturated carbocycles. The zero-order valence-corrected chi connectivity index (χ0v) is 17.0. The number of carbonyl (C=O) groups excluding carboxylic acids is 1. The van der Waals surface area contributed by atoms with Gasteiger partial charge in [-0.1, -0.05) is 24.8 Å². The van der Waals surface area contributed by atoms with Crippen molar-refractivity contribution in [3.8, 4) is 11.4 Å². The lowest BCUT2D eigenvalue weighted by atomic mass is 10.1. The van der Waals surface area contributed by atoms with E-state index in [0.29, 0.717) is 5.75 Å². The third-order valence-corrected chi connectivity index (χ3v) is 6.32. The van der Waals surface area contributed by atoms with Crippen molar-refractivity contribution in [1.29, 1.82) is 0 Å². The molecule has 0 fully saturated rings. The van der Waals surface area contributed by atoms with E-state index < -0.39 is 0 Å². The highest BCUT2D eigenvalue weighted by atomic mass is 32.2. The molecule has 0 saturated heterocycles. The summed E-state index contributed by atoms with van der Waals surface area (Å²) in [6.07, 6.45) is 1.02. The first kappa shape index (κ1) is 18.7. The van der Waals surface area contributed by atoms with Gasteiger partial charge in [0.05, 0.1) is 5.75 Å². The van der Waals surface area contributed by atoms with E-state index >= 15 is 0 Å². The molecule has 0 spiro atoms. The van der Waals surface area contributed by atoms with Crippen molar-refractivity contribution in [3.63, 3.8) is 0 Å². The molecule has 1 N–H and O–H groups in total. The fourth-order valence-corrected chi connectivity index (χ4v) is 4.05. The van der Waals surface area contributed by atoms with Crippen LogP contribution in [0, 0.1) is 13.8 Å². The monoisotopic (exact) mass is 386 g/mol. The van der Waals surface area contributed by atoms with E-state index in [4.69, 9.17) is 0 Å². The third-order valence-electron chi connectivity index (χ3n) is 4.22. The van der Waals surface area contributed by atoms with Crippen LogP contribution in [0.3, 0.4) is 0 Å². The van der Waals surface area contributed by atoms with Crippen molar-refractivity contribution < 1.29 is 4.79 Å². The lowest BCUT2D eigenvalue weighted by molar-refractivity contribution is -0.113. The quantitative estimate of drug-likeness (QED) is 0.636. The second-order valence-corrected chi connectivity index (χ2v) is 8.09. The van der Waals surface area contributed by atoms with Gasteiger partial charge in [0.25, 0.3) is 0 Å². The molecule has 0 aliphatic rings. The zero-order chi connectivity index (χ0) is 18.7. The molecule has 0 radical (unpaired) electrons. The van der Waals surface area contributed by atoms with Gasteiger partial charge in [0.15, 0.2) is 11.0 Å². The summed E-state index contributed by atoms with van der Waals surface area (Å²) in [5.74, 6) is 1.08. The Balaban J connectivity index is 1.62. The van der Waals surface area contributed by atoms with Gasteiger partial charge in [-0.15, -0.1) is 21.5 Å². The minimum absolute atomic E-state index is 0.0494. The molecule has 7 heteroatoms. The largest absolute Gasteiger partial charge is 0.325 e. The van der Waals surface area contributed by atoms with Gasteiger partial charge in [0, 0.05) is 28.6 Å². The maximum atomic E-state index is 12.2. The molecule has 3 rings (SSSR count). The minimum Gasteiger partial charge on any atom is -0.325 e. The van der Waals surface area contributed by atoms with Gasteiger partial charge >= 0.3 is 0 Å². The molecule has 1 amide bonds. The van der Waals surface area contributed by atoms with Crippen molar-refractivity contribution in [1.82, 2.24) is 14.8 Å². The SMILES string of the molecule is CCc1cc(-c2nnc(SCC(=O)Nc3ccc(C)c(C)c3)n2C)cs1. The van der Waals surface area contributed by atoms with Gasteiger partial charge in [0.1, 0.15) is 0 Å². The van der Waals surface area contributed by atoms with Gasteiger partial charge in [-0.3, -0.25) is 4.79 Å². The van der Waals surface area contributed by atoms with Crippen LogP contribution in [-0.2, 0) is 18.3 Å². The number of amides is 1. The molecule has 26 heavy (non-hydrogen) atoms. The first-order valence-corrected chi connectivity index (χ1v) is 10.3. The zero-order valence-electron chi connectivity index (χ0n) is 15.4. The standard InChI is InChI=1S/C19H22N4OS2/c1-5-16-9-14(10-25-16)18-21-22-19(23(18)4)26-11-17(24)20-15-7-6-12(2)13(3)8-15/h6-10H,5,11H2,1-4H3,(H,20,24). The Labute approximate surface area is 161 Å².